The molecule has 0 saturated carbocycles. The molecule has 0 aliphatic rings. The SMILES string of the molecule is CNC(=O)ON=CC(C)(C)[S@](C)=O. The van der Waals surface area contributed by atoms with Crippen LogP contribution in [-0.2, 0) is 15.6 Å². The zero-order chi connectivity index (χ0) is 10.5. The van der Waals surface area contributed by atoms with Crippen molar-refractivity contribution in [3.05, 3.63) is 0 Å². The van der Waals surface area contributed by atoms with Crippen LogP contribution >= 0.6 is 0 Å². The van der Waals surface area contributed by atoms with Gasteiger partial charge in [-0.25, -0.2) is 4.79 Å². The van der Waals surface area contributed by atoms with Crippen LogP contribution < -0.4 is 5.32 Å². The summed E-state index contributed by atoms with van der Waals surface area (Å²) in [4.78, 5) is 14.9. The van der Waals surface area contributed by atoms with E-state index in [4.69, 9.17) is 0 Å². The molecule has 0 fully saturated rings. The molecule has 0 aromatic carbocycles. The molecule has 0 aliphatic carbocycles. The summed E-state index contributed by atoms with van der Waals surface area (Å²) in [5.74, 6) is 0. The Morgan fingerprint density at radius 1 is 1.62 bits per heavy atom. The molecule has 0 spiro atoms. The first kappa shape index (κ1) is 12.1. The molecule has 1 amide bonds. The van der Waals surface area contributed by atoms with E-state index < -0.39 is 21.6 Å². The average molecular weight is 206 g/mol. The molecule has 0 bridgehead atoms. The van der Waals surface area contributed by atoms with Crippen molar-refractivity contribution in [1.82, 2.24) is 5.32 Å². The molecule has 0 aliphatic heterocycles. The number of carbonyl (C=O) groups excluding carboxylic acids is 1. The van der Waals surface area contributed by atoms with Crippen molar-refractivity contribution in [3.63, 3.8) is 0 Å². The van der Waals surface area contributed by atoms with E-state index >= 15 is 0 Å². The van der Waals surface area contributed by atoms with Gasteiger partial charge in [-0.2, -0.15) is 0 Å². The zero-order valence-corrected chi connectivity index (χ0v) is 8.97. The summed E-state index contributed by atoms with van der Waals surface area (Å²) in [7, 11) is 0.378. The van der Waals surface area contributed by atoms with Gasteiger partial charge in [-0.15, -0.1) is 0 Å². The zero-order valence-electron chi connectivity index (χ0n) is 8.16. The molecule has 1 N–H and O–H groups in total. The Morgan fingerprint density at radius 2 is 2.15 bits per heavy atom. The van der Waals surface area contributed by atoms with E-state index in [1.54, 1.807) is 20.1 Å². The Morgan fingerprint density at radius 3 is 2.54 bits per heavy atom. The molecule has 76 valence electrons. The number of hydrogen-bond acceptors (Lipinski definition) is 4. The second kappa shape index (κ2) is 4.96. The van der Waals surface area contributed by atoms with Gasteiger partial charge in [0.1, 0.15) is 0 Å². The number of carbonyl (C=O) groups is 1. The van der Waals surface area contributed by atoms with Gasteiger partial charge in [0.05, 0.1) is 11.0 Å². The third-order valence-electron chi connectivity index (χ3n) is 1.44. The Labute approximate surface area is 80.0 Å². The number of nitrogens with zero attached hydrogens (tertiary/aromatic N) is 1. The van der Waals surface area contributed by atoms with Crippen LogP contribution in [0.5, 0.6) is 0 Å². The Bertz CT molecular complexity index is 238. The molecule has 13 heavy (non-hydrogen) atoms. The summed E-state index contributed by atoms with van der Waals surface area (Å²) in [6.45, 7) is 3.47. The highest BCUT2D eigenvalue weighted by Gasteiger charge is 2.20. The molecule has 0 aromatic heterocycles. The largest absolute Gasteiger partial charge is 0.433 e. The fraction of sp³-hybridized carbons (Fsp3) is 0.714. The van der Waals surface area contributed by atoms with Crippen molar-refractivity contribution in [1.29, 1.82) is 0 Å². The number of oxime groups is 1. The van der Waals surface area contributed by atoms with Crippen molar-refractivity contribution in [3.8, 4) is 0 Å². The predicted molar refractivity (Wildman–Crippen MR) is 52.2 cm³/mol. The molecule has 1 atom stereocenters. The lowest BCUT2D eigenvalue weighted by Gasteiger charge is -2.13. The summed E-state index contributed by atoms with van der Waals surface area (Å²) in [6.07, 6.45) is 2.26. The van der Waals surface area contributed by atoms with Gasteiger partial charge >= 0.3 is 6.09 Å². The van der Waals surface area contributed by atoms with E-state index in [2.05, 4.69) is 15.3 Å². The number of nitrogens with one attached hydrogen (secondary N) is 1. The van der Waals surface area contributed by atoms with Gasteiger partial charge in [0, 0.05) is 24.1 Å². The van der Waals surface area contributed by atoms with Crippen LogP contribution in [0.2, 0.25) is 0 Å². The van der Waals surface area contributed by atoms with Crippen LogP contribution in [0.4, 0.5) is 4.79 Å². The van der Waals surface area contributed by atoms with E-state index in [0.717, 1.165) is 0 Å². The van der Waals surface area contributed by atoms with E-state index in [-0.39, 0.29) is 0 Å². The fourth-order valence-corrected chi connectivity index (χ4v) is 0.512. The second-order valence-electron chi connectivity index (χ2n) is 2.92. The summed E-state index contributed by atoms with van der Waals surface area (Å²) in [6, 6.07) is 0. The van der Waals surface area contributed by atoms with Gasteiger partial charge in [0.15, 0.2) is 0 Å². The van der Waals surface area contributed by atoms with E-state index in [1.807, 2.05) is 0 Å². The van der Waals surface area contributed by atoms with Gasteiger partial charge in [-0.3, -0.25) is 9.05 Å². The minimum atomic E-state index is -1.05. The minimum Gasteiger partial charge on any atom is -0.323 e. The van der Waals surface area contributed by atoms with Crippen LogP contribution in [0.3, 0.4) is 0 Å². The van der Waals surface area contributed by atoms with Crippen molar-refractivity contribution in [2.45, 2.75) is 18.6 Å². The lowest BCUT2D eigenvalue weighted by Crippen LogP contribution is -2.28. The molecular formula is C7H14N2O3S. The maximum Gasteiger partial charge on any atom is 0.433 e. The highest BCUT2D eigenvalue weighted by Crippen LogP contribution is 2.07. The monoisotopic (exact) mass is 206 g/mol. The topological polar surface area (TPSA) is 67.8 Å². The van der Waals surface area contributed by atoms with Gasteiger partial charge in [0.2, 0.25) is 0 Å². The van der Waals surface area contributed by atoms with Crippen molar-refractivity contribution < 1.29 is 13.8 Å². The molecule has 0 radical (unpaired) electrons. The first-order chi connectivity index (χ1) is 5.90. The number of hydrogen-bond donors (Lipinski definition) is 1. The highest BCUT2D eigenvalue weighted by molar-refractivity contribution is 7.86. The van der Waals surface area contributed by atoms with Crippen molar-refractivity contribution in [2.24, 2.45) is 5.16 Å². The maximum absolute atomic E-state index is 11.1. The summed E-state index contributed by atoms with van der Waals surface area (Å²) >= 11 is 0. The van der Waals surface area contributed by atoms with Gasteiger partial charge in [0.25, 0.3) is 0 Å². The third-order valence-corrected chi connectivity index (χ3v) is 3.03. The molecule has 0 unspecified atom stereocenters. The minimum absolute atomic E-state index is 0.589. The number of rotatable bonds is 3. The van der Waals surface area contributed by atoms with Crippen molar-refractivity contribution >= 4 is 23.1 Å². The highest BCUT2D eigenvalue weighted by atomic mass is 32.2. The third kappa shape index (κ3) is 4.62. The van der Waals surface area contributed by atoms with Gasteiger partial charge in [-0.1, -0.05) is 5.16 Å². The Kier molecular flexibility index (Phi) is 4.61. The molecule has 5 nitrogen and oxygen atoms in total. The Balaban J connectivity index is 4.12. The van der Waals surface area contributed by atoms with E-state index in [0.29, 0.717) is 0 Å². The Hall–Kier alpha value is -0.910. The summed E-state index contributed by atoms with van der Waals surface area (Å²) in [5.41, 5.74) is 0. The lowest BCUT2D eigenvalue weighted by molar-refractivity contribution is 0.153. The van der Waals surface area contributed by atoms with Crippen LogP contribution in [0, 0.1) is 0 Å². The van der Waals surface area contributed by atoms with Crippen LogP contribution in [0.1, 0.15) is 13.8 Å². The number of amides is 1. The molecule has 0 heterocycles. The quantitative estimate of drug-likeness (QED) is 0.415. The normalized spacial score (nSPS) is 14.2. The fourth-order valence-electron chi connectivity index (χ4n) is 0.321. The van der Waals surface area contributed by atoms with Gasteiger partial charge in [-0.05, 0) is 13.8 Å². The molecule has 6 heteroatoms. The smallest absolute Gasteiger partial charge is 0.323 e. The van der Waals surface area contributed by atoms with E-state index in [1.165, 1.54) is 13.3 Å². The first-order valence-electron chi connectivity index (χ1n) is 3.67. The second-order valence-corrected chi connectivity index (χ2v) is 4.88. The average Bonchev–Trinajstić information content (AvgIpc) is 2.03. The molecule has 0 aromatic rings. The van der Waals surface area contributed by atoms with Crippen LogP contribution in [0.15, 0.2) is 5.16 Å². The van der Waals surface area contributed by atoms with E-state index in [9.17, 15) is 9.00 Å². The van der Waals surface area contributed by atoms with Crippen LogP contribution in [-0.4, -0.2) is 34.6 Å². The van der Waals surface area contributed by atoms with Gasteiger partial charge < -0.3 is 5.32 Å². The first-order valence-corrected chi connectivity index (χ1v) is 5.22. The lowest BCUT2D eigenvalue weighted by atomic mass is 10.2. The van der Waals surface area contributed by atoms with Crippen molar-refractivity contribution in [2.75, 3.05) is 13.3 Å². The predicted octanol–water partition coefficient (Wildman–Crippen LogP) is 0.485. The molecule has 0 rings (SSSR count). The van der Waals surface area contributed by atoms with Crippen LogP contribution in [0.25, 0.3) is 0 Å². The standard InChI is InChI=1S/C7H14N2O3S/c1-7(2,13(4)11)5-9-12-6(10)8-3/h5H,1-4H3,(H,8,10)/t13-/m0/s1. The summed E-state index contributed by atoms with van der Waals surface area (Å²) in [5, 5.41) is 5.63. The molecule has 0 saturated heterocycles. The summed E-state index contributed by atoms with van der Waals surface area (Å²) < 4.78 is 10.5. The maximum atomic E-state index is 11.1. The molecular weight excluding hydrogens is 192 g/mol.